The molecular weight excluding hydrogens is 324 g/mol. The van der Waals surface area contributed by atoms with Gasteiger partial charge in [0.25, 0.3) is 5.82 Å². The van der Waals surface area contributed by atoms with E-state index in [0.717, 1.165) is 34.9 Å². The summed E-state index contributed by atoms with van der Waals surface area (Å²) < 4.78 is 13.7. The van der Waals surface area contributed by atoms with Gasteiger partial charge in [0.05, 0.1) is 7.11 Å². The molecule has 0 spiro atoms. The Morgan fingerprint density at radius 3 is 2.31 bits per heavy atom. The first kappa shape index (κ1) is 16.2. The van der Waals surface area contributed by atoms with E-state index in [-0.39, 0.29) is 0 Å². The van der Waals surface area contributed by atoms with E-state index in [1.807, 2.05) is 36.4 Å². The highest BCUT2D eigenvalue weighted by Gasteiger charge is 2.19. The Hall–Kier alpha value is -3.27. The Balaban J connectivity index is 1.67. The summed E-state index contributed by atoms with van der Waals surface area (Å²) in [5.41, 5.74) is 3.51. The summed E-state index contributed by atoms with van der Waals surface area (Å²) in [6.07, 6.45) is 0. The standard InChI is InChI=1S/C22H20N2O2/c1-25-20-13-7-8-14-21(20)26-16-22-23-18-11-5-6-12-19(18)24(22)15-17-9-3-2-4-10-17/h2-14H,15-16H2,1H3/p+1. The molecule has 0 fully saturated rings. The van der Waals surface area contributed by atoms with Crippen LogP contribution in [0.5, 0.6) is 11.5 Å². The largest absolute Gasteiger partial charge is 0.493 e. The lowest BCUT2D eigenvalue weighted by atomic mass is 10.2. The van der Waals surface area contributed by atoms with Gasteiger partial charge < -0.3 is 9.47 Å². The number of methoxy groups -OCH3 is 1. The molecule has 0 radical (unpaired) electrons. The Labute approximate surface area is 152 Å². The van der Waals surface area contributed by atoms with E-state index in [9.17, 15) is 0 Å². The number of ether oxygens (including phenoxy) is 2. The maximum Gasteiger partial charge on any atom is 0.294 e. The number of benzene rings is 3. The zero-order valence-electron chi connectivity index (χ0n) is 14.7. The van der Waals surface area contributed by atoms with Crippen LogP contribution in [0.4, 0.5) is 0 Å². The van der Waals surface area contributed by atoms with Crippen molar-refractivity contribution in [1.82, 2.24) is 4.98 Å². The fourth-order valence-electron chi connectivity index (χ4n) is 3.13. The number of nitrogens with zero attached hydrogens (tertiary/aromatic N) is 1. The van der Waals surface area contributed by atoms with Crippen LogP contribution in [-0.2, 0) is 13.2 Å². The van der Waals surface area contributed by atoms with Crippen LogP contribution in [0, 0.1) is 0 Å². The van der Waals surface area contributed by atoms with Crippen molar-refractivity contribution in [3.05, 3.63) is 90.3 Å². The monoisotopic (exact) mass is 345 g/mol. The van der Waals surface area contributed by atoms with Gasteiger partial charge in [-0.15, -0.1) is 0 Å². The molecule has 1 N–H and O–H groups in total. The van der Waals surface area contributed by atoms with Gasteiger partial charge in [-0.25, -0.2) is 9.55 Å². The van der Waals surface area contributed by atoms with Crippen LogP contribution in [0.3, 0.4) is 0 Å². The van der Waals surface area contributed by atoms with E-state index < -0.39 is 0 Å². The maximum atomic E-state index is 6.04. The lowest BCUT2D eigenvalue weighted by molar-refractivity contribution is -0.671. The minimum atomic E-state index is 0.432. The van der Waals surface area contributed by atoms with E-state index in [0.29, 0.717) is 6.61 Å². The van der Waals surface area contributed by atoms with Crippen molar-refractivity contribution in [2.24, 2.45) is 0 Å². The highest BCUT2D eigenvalue weighted by Crippen LogP contribution is 2.26. The van der Waals surface area contributed by atoms with Gasteiger partial charge in [0.15, 0.2) is 29.1 Å². The predicted octanol–water partition coefficient (Wildman–Crippen LogP) is 4.09. The van der Waals surface area contributed by atoms with Gasteiger partial charge in [0.2, 0.25) is 0 Å². The van der Waals surface area contributed by atoms with Gasteiger partial charge in [0.1, 0.15) is 6.54 Å². The van der Waals surface area contributed by atoms with Crippen LogP contribution < -0.4 is 14.0 Å². The highest BCUT2D eigenvalue weighted by molar-refractivity contribution is 5.71. The van der Waals surface area contributed by atoms with Crippen LogP contribution in [0.25, 0.3) is 11.0 Å². The molecule has 3 aromatic carbocycles. The topological polar surface area (TPSA) is 38.1 Å². The predicted molar refractivity (Wildman–Crippen MR) is 101 cm³/mol. The third kappa shape index (κ3) is 3.26. The Morgan fingerprint density at radius 2 is 1.50 bits per heavy atom. The molecule has 0 bridgehead atoms. The number of H-pyrrole nitrogens is 1. The van der Waals surface area contributed by atoms with Gasteiger partial charge in [-0.2, -0.15) is 0 Å². The number of rotatable bonds is 6. The maximum absolute atomic E-state index is 6.04. The van der Waals surface area contributed by atoms with Crippen LogP contribution in [-0.4, -0.2) is 12.1 Å². The molecule has 4 rings (SSSR count). The number of imidazole rings is 1. The van der Waals surface area contributed by atoms with Crippen molar-refractivity contribution in [2.75, 3.05) is 7.11 Å². The van der Waals surface area contributed by atoms with Gasteiger partial charge in [-0.3, -0.25) is 0 Å². The first-order chi connectivity index (χ1) is 12.8. The molecule has 1 heterocycles. The summed E-state index contributed by atoms with van der Waals surface area (Å²) in [5.74, 6) is 2.49. The highest BCUT2D eigenvalue weighted by atomic mass is 16.5. The van der Waals surface area contributed by atoms with Crippen molar-refractivity contribution < 1.29 is 14.0 Å². The van der Waals surface area contributed by atoms with Crippen molar-refractivity contribution in [2.45, 2.75) is 13.2 Å². The third-order valence-electron chi connectivity index (χ3n) is 4.42. The van der Waals surface area contributed by atoms with Gasteiger partial charge in [0, 0.05) is 0 Å². The number of para-hydroxylation sites is 4. The minimum Gasteiger partial charge on any atom is -0.493 e. The summed E-state index contributed by atoms with van der Waals surface area (Å²) in [6.45, 7) is 1.22. The SMILES string of the molecule is COc1ccccc1OCc1[nH]c2ccccc2[n+]1Cc1ccccc1. The molecule has 0 aliphatic carbocycles. The summed E-state index contributed by atoms with van der Waals surface area (Å²) in [6, 6.07) is 26.5. The molecule has 1 aromatic heterocycles. The van der Waals surface area contributed by atoms with Gasteiger partial charge in [-0.1, -0.05) is 54.6 Å². The Morgan fingerprint density at radius 1 is 0.808 bits per heavy atom. The molecule has 4 aromatic rings. The zero-order chi connectivity index (χ0) is 17.8. The van der Waals surface area contributed by atoms with E-state index >= 15 is 0 Å². The van der Waals surface area contributed by atoms with Gasteiger partial charge in [-0.05, 0) is 29.8 Å². The van der Waals surface area contributed by atoms with Crippen molar-refractivity contribution in [1.29, 1.82) is 0 Å². The molecule has 130 valence electrons. The smallest absolute Gasteiger partial charge is 0.294 e. The van der Waals surface area contributed by atoms with Crippen LogP contribution in [0.2, 0.25) is 0 Å². The molecular formula is C22H21N2O2+. The van der Waals surface area contributed by atoms with E-state index in [4.69, 9.17) is 9.47 Å². The van der Waals surface area contributed by atoms with Crippen LogP contribution in [0.15, 0.2) is 78.9 Å². The first-order valence-electron chi connectivity index (χ1n) is 8.64. The molecule has 0 aliphatic heterocycles. The average molecular weight is 345 g/mol. The fourth-order valence-corrected chi connectivity index (χ4v) is 3.13. The van der Waals surface area contributed by atoms with Crippen molar-refractivity contribution in [3.63, 3.8) is 0 Å². The number of aromatic nitrogens is 2. The molecule has 0 saturated carbocycles. The Kier molecular flexibility index (Phi) is 4.56. The minimum absolute atomic E-state index is 0.432. The third-order valence-corrected chi connectivity index (χ3v) is 4.42. The number of fused-ring (bicyclic) bond motifs is 1. The number of hydrogen-bond acceptors (Lipinski definition) is 2. The molecule has 0 unspecified atom stereocenters. The number of aromatic amines is 1. The summed E-state index contributed by atoms with van der Waals surface area (Å²) in [7, 11) is 1.65. The lowest BCUT2D eigenvalue weighted by Crippen LogP contribution is -2.38. The Bertz CT molecular complexity index is 1010. The second-order valence-corrected chi connectivity index (χ2v) is 6.10. The summed E-state index contributed by atoms with van der Waals surface area (Å²) in [4.78, 5) is 3.49. The summed E-state index contributed by atoms with van der Waals surface area (Å²) >= 11 is 0. The van der Waals surface area contributed by atoms with Crippen LogP contribution >= 0.6 is 0 Å². The number of nitrogens with one attached hydrogen (secondary N) is 1. The molecule has 0 atom stereocenters. The van der Waals surface area contributed by atoms with E-state index in [2.05, 4.69) is 52.0 Å². The normalized spacial score (nSPS) is 10.8. The molecule has 0 aliphatic rings. The first-order valence-corrected chi connectivity index (χ1v) is 8.64. The second-order valence-electron chi connectivity index (χ2n) is 6.10. The zero-order valence-corrected chi connectivity index (χ0v) is 14.7. The average Bonchev–Trinajstić information content (AvgIpc) is 3.05. The van der Waals surface area contributed by atoms with Crippen LogP contribution in [0.1, 0.15) is 11.4 Å². The molecule has 0 amide bonds. The molecule has 4 heteroatoms. The van der Waals surface area contributed by atoms with E-state index in [1.54, 1.807) is 7.11 Å². The van der Waals surface area contributed by atoms with Crippen molar-refractivity contribution >= 4 is 11.0 Å². The molecule has 4 nitrogen and oxygen atoms in total. The van der Waals surface area contributed by atoms with Gasteiger partial charge >= 0.3 is 0 Å². The molecule has 0 saturated heterocycles. The van der Waals surface area contributed by atoms with E-state index in [1.165, 1.54) is 5.56 Å². The second kappa shape index (κ2) is 7.31. The molecule has 26 heavy (non-hydrogen) atoms. The fraction of sp³-hybridized carbons (Fsp3) is 0.136. The number of hydrogen-bond donors (Lipinski definition) is 1. The quantitative estimate of drug-likeness (QED) is 0.535. The lowest BCUT2D eigenvalue weighted by Gasteiger charge is -2.09. The summed E-state index contributed by atoms with van der Waals surface area (Å²) in [5, 5.41) is 0. The van der Waals surface area contributed by atoms with Crippen molar-refractivity contribution in [3.8, 4) is 11.5 Å².